The molecular formula is C11H16O. The molecule has 0 N–H and O–H groups in total. The van der Waals surface area contributed by atoms with E-state index in [2.05, 4.69) is 18.4 Å². The average Bonchev–Trinajstić information content (AvgIpc) is 2.00. The van der Waals surface area contributed by atoms with E-state index in [9.17, 15) is 4.79 Å². The molecule has 0 amide bonds. The van der Waals surface area contributed by atoms with Crippen molar-refractivity contribution in [2.45, 2.75) is 33.6 Å². The van der Waals surface area contributed by atoms with Crippen LogP contribution in [0.4, 0.5) is 0 Å². The Morgan fingerprint density at radius 2 is 2.17 bits per heavy atom. The highest BCUT2D eigenvalue weighted by Crippen LogP contribution is 2.02. The van der Waals surface area contributed by atoms with Gasteiger partial charge in [-0.2, -0.15) is 0 Å². The van der Waals surface area contributed by atoms with E-state index in [0.29, 0.717) is 12.8 Å². The van der Waals surface area contributed by atoms with Gasteiger partial charge >= 0.3 is 0 Å². The van der Waals surface area contributed by atoms with Crippen molar-refractivity contribution in [1.82, 2.24) is 0 Å². The van der Waals surface area contributed by atoms with Gasteiger partial charge in [-0.25, -0.2) is 0 Å². The smallest absolute Gasteiger partial charge is 0.133 e. The summed E-state index contributed by atoms with van der Waals surface area (Å²) >= 11 is 0. The first-order valence-electron chi connectivity index (χ1n) is 4.25. The maximum Gasteiger partial charge on any atom is 0.133 e. The largest absolute Gasteiger partial charge is 0.300 e. The Labute approximate surface area is 74.9 Å². The Morgan fingerprint density at radius 1 is 1.58 bits per heavy atom. The zero-order valence-electron chi connectivity index (χ0n) is 8.11. The third-order valence-electron chi connectivity index (χ3n) is 1.46. The Bertz CT molecular complexity index is 227. The normalized spacial score (nSPS) is 11.2. The van der Waals surface area contributed by atoms with E-state index in [4.69, 9.17) is 0 Å². The number of hydrogen-bond acceptors (Lipinski definition) is 1. The van der Waals surface area contributed by atoms with Gasteiger partial charge in [0.1, 0.15) is 5.78 Å². The van der Waals surface area contributed by atoms with Crippen molar-refractivity contribution < 1.29 is 4.79 Å². The van der Waals surface area contributed by atoms with Gasteiger partial charge in [0.2, 0.25) is 0 Å². The lowest BCUT2D eigenvalue weighted by Crippen LogP contribution is -2.01. The number of ketones is 1. The lowest BCUT2D eigenvalue weighted by molar-refractivity contribution is -0.119. The fourth-order valence-electron chi connectivity index (χ4n) is 0.783. The van der Waals surface area contributed by atoms with Gasteiger partial charge in [-0.1, -0.05) is 32.3 Å². The molecule has 12 heavy (non-hydrogen) atoms. The summed E-state index contributed by atoms with van der Waals surface area (Å²) in [7, 11) is 0. The minimum atomic E-state index is 0.161. The molecule has 0 aliphatic heterocycles. The highest BCUT2D eigenvalue weighted by atomic mass is 16.1. The van der Waals surface area contributed by atoms with Gasteiger partial charge in [0.15, 0.2) is 0 Å². The van der Waals surface area contributed by atoms with Crippen LogP contribution in [0.25, 0.3) is 0 Å². The summed E-state index contributed by atoms with van der Waals surface area (Å²) in [6.45, 7) is 9.37. The molecule has 0 aliphatic rings. The van der Waals surface area contributed by atoms with E-state index in [1.807, 2.05) is 20.8 Å². The molecule has 0 heterocycles. The summed E-state index contributed by atoms with van der Waals surface area (Å²) < 4.78 is 0. The molecule has 0 bridgehead atoms. The van der Waals surface area contributed by atoms with Crippen molar-refractivity contribution in [3.8, 4) is 11.8 Å². The van der Waals surface area contributed by atoms with Crippen LogP contribution in [-0.4, -0.2) is 5.78 Å². The minimum absolute atomic E-state index is 0.161. The molecular weight excluding hydrogens is 148 g/mol. The molecule has 0 fully saturated rings. The molecule has 66 valence electrons. The Balaban J connectivity index is 3.91. The van der Waals surface area contributed by atoms with Gasteiger partial charge in [-0.05, 0) is 12.5 Å². The Kier molecular flexibility index (Phi) is 5.12. The van der Waals surface area contributed by atoms with Crippen LogP contribution in [0.3, 0.4) is 0 Å². The van der Waals surface area contributed by atoms with Crippen LogP contribution >= 0.6 is 0 Å². The van der Waals surface area contributed by atoms with Crippen LogP contribution in [-0.2, 0) is 4.79 Å². The summed E-state index contributed by atoms with van der Waals surface area (Å²) in [6.07, 6.45) is 1.18. The molecule has 0 spiro atoms. The molecule has 0 aromatic rings. The molecule has 1 heteroatoms. The molecule has 1 unspecified atom stereocenters. The number of allylic oxidation sites excluding steroid dienone is 1. The third kappa shape index (κ3) is 5.73. The minimum Gasteiger partial charge on any atom is -0.300 e. The van der Waals surface area contributed by atoms with Crippen molar-refractivity contribution in [1.29, 1.82) is 0 Å². The van der Waals surface area contributed by atoms with E-state index in [-0.39, 0.29) is 11.7 Å². The molecule has 0 rings (SSSR count). The average molecular weight is 164 g/mol. The fourth-order valence-corrected chi connectivity index (χ4v) is 0.783. The van der Waals surface area contributed by atoms with Gasteiger partial charge in [0.05, 0.1) is 0 Å². The van der Waals surface area contributed by atoms with Gasteiger partial charge in [0, 0.05) is 18.8 Å². The second kappa shape index (κ2) is 5.60. The predicted molar refractivity (Wildman–Crippen MR) is 51.7 cm³/mol. The SMILES string of the molecule is C=C(C)C#CC(C)CC(=O)CC. The molecule has 1 atom stereocenters. The zero-order chi connectivity index (χ0) is 9.56. The summed E-state index contributed by atoms with van der Waals surface area (Å²) in [4.78, 5) is 11.0. The maximum absolute atomic E-state index is 11.0. The van der Waals surface area contributed by atoms with Crippen LogP contribution in [0, 0.1) is 17.8 Å². The highest BCUT2D eigenvalue weighted by Gasteiger charge is 2.03. The number of Topliss-reactive ketones (excluding diaryl/α,β-unsaturated/α-hetero) is 1. The molecule has 0 aromatic heterocycles. The van der Waals surface area contributed by atoms with Gasteiger partial charge < -0.3 is 0 Å². The molecule has 1 nitrogen and oxygen atoms in total. The first kappa shape index (κ1) is 11.0. The van der Waals surface area contributed by atoms with Crippen molar-refractivity contribution >= 4 is 5.78 Å². The molecule has 0 aromatic carbocycles. The summed E-state index contributed by atoms with van der Waals surface area (Å²) in [5.41, 5.74) is 0.853. The highest BCUT2D eigenvalue weighted by molar-refractivity contribution is 5.78. The standard InChI is InChI=1S/C11H16O/c1-5-11(12)8-10(4)7-6-9(2)3/h10H,2,5,8H2,1,3-4H3. The van der Waals surface area contributed by atoms with E-state index < -0.39 is 0 Å². The van der Waals surface area contributed by atoms with Crippen LogP contribution in [0.5, 0.6) is 0 Å². The number of hydrogen-bond donors (Lipinski definition) is 0. The molecule has 0 aliphatic carbocycles. The van der Waals surface area contributed by atoms with Crippen LogP contribution in [0.15, 0.2) is 12.2 Å². The topological polar surface area (TPSA) is 17.1 Å². The second-order valence-corrected chi connectivity index (χ2v) is 3.05. The molecule has 0 radical (unpaired) electrons. The predicted octanol–water partition coefficient (Wildman–Crippen LogP) is 2.57. The Hall–Kier alpha value is -1.03. The summed E-state index contributed by atoms with van der Waals surface area (Å²) in [5.74, 6) is 6.29. The van der Waals surface area contributed by atoms with Crippen LogP contribution in [0.1, 0.15) is 33.6 Å². The number of carbonyl (C=O) groups excluding carboxylic acids is 1. The van der Waals surface area contributed by atoms with Crippen LogP contribution < -0.4 is 0 Å². The lowest BCUT2D eigenvalue weighted by Gasteiger charge is -1.99. The maximum atomic E-state index is 11.0. The first-order valence-corrected chi connectivity index (χ1v) is 4.25. The van der Waals surface area contributed by atoms with Crippen LogP contribution in [0.2, 0.25) is 0 Å². The van der Waals surface area contributed by atoms with Gasteiger partial charge in [-0.15, -0.1) is 0 Å². The fraction of sp³-hybridized carbons (Fsp3) is 0.545. The number of carbonyl (C=O) groups is 1. The van der Waals surface area contributed by atoms with Gasteiger partial charge in [0.25, 0.3) is 0 Å². The van der Waals surface area contributed by atoms with E-state index in [1.54, 1.807) is 0 Å². The summed E-state index contributed by atoms with van der Waals surface area (Å²) in [6, 6.07) is 0. The molecule has 0 saturated carbocycles. The van der Waals surface area contributed by atoms with E-state index >= 15 is 0 Å². The van der Waals surface area contributed by atoms with Crippen molar-refractivity contribution in [3.63, 3.8) is 0 Å². The molecule has 0 saturated heterocycles. The quantitative estimate of drug-likeness (QED) is 0.586. The Morgan fingerprint density at radius 3 is 2.58 bits per heavy atom. The second-order valence-electron chi connectivity index (χ2n) is 3.05. The monoisotopic (exact) mass is 164 g/mol. The lowest BCUT2D eigenvalue weighted by atomic mass is 10.0. The van der Waals surface area contributed by atoms with E-state index in [0.717, 1.165) is 5.57 Å². The van der Waals surface area contributed by atoms with E-state index in [1.165, 1.54) is 0 Å². The van der Waals surface area contributed by atoms with Crippen molar-refractivity contribution in [2.24, 2.45) is 5.92 Å². The third-order valence-corrected chi connectivity index (χ3v) is 1.46. The van der Waals surface area contributed by atoms with Crippen molar-refractivity contribution in [2.75, 3.05) is 0 Å². The van der Waals surface area contributed by atoms with Crippen molar-refractivity contribution in [3.05, 3.63) is 12.2 Å². The van der Waals surface area contributed by atoms with Gasteiger partial charge in [-0.3, -0.25) is 4.79 Å². The summed E-state index contributed by atoms with van der Waals surface area (Å²) in [5, 5.41) is 0. The first-order chi connectivity index (χ1) is 5.56. The number of rotatable bonds is 3. The zero-order valence-corrected chi connectivity index (χ0v) is 8.11.